The Morgan fingerprint density at radius 3 is 2.80 bits per heavy atom. The van der Waals surface area contributed by atoms with Crippen molar-refractivity contribution in [2.75, 3.05) is 13.7 Å². The molecule has 2 rings (SSSR count). The second-order valence-electron chi connectivity index (χ2n) is 4.02. The van der Waals surface area contributed by atoms with E-state index in [2.05, 4.69) is 22.5 Å². The summed E-state index contributed by atoms with van der Waals surface area (Å²) in [5.74, 6) is 0.339. The van der Waals surface area contributed by atoms with Crippen molar-refractivity contribution in [2.24, 2.45) is 0 Å². The van der Waals surface area contributed by atoms with Crippen molar-refractivity contribution < 1.29 is 14.3 Å². The highest BCUT2D eigenvalue weighted by Gasteiger charge is 2.31. The number of benzene rings is 1. The fourth-order valence-electron chi connectivity index (χ4n) is 1.60. The van der Waals surface area contributed by atoms with Crippen LogP contribution < -0.4 is 4.74 Å². The predicted molar refractivity (Wildman–Crippen MR) is 83.6 cm³/mol. The summed E-state index contributed by atoms with van der Waals surface area (Å²) >= 11 is 4.30. The molecule has 0 bridgehead atoms. The van der Waals surface area contributed by atoms with Crippen LogP contribution in [0.3, 0.4) is 0 Å². The topological polar surface area (TPSA) is 46.6 Å². The van der Waals surface area contributed by atoms with Gasteiger partial charge in [0.25, 0.3) is 11.1 Å². The SMILES string of the molecule is C=CCOc1ccc(Br)cc1/C=C1/SC(=O)N(C)C1=O. The van der Waals surface area contributed by atoms with Gasteiger partial charge in [0.15, 0.2) is 0 Å². The summed E-state index contributed by atoms with van der Waals surface area (Å²) in [6, 6.07) is 5.49. The van der Waals surface area contributed by atoms with E-state index in [1.807, 2.05) is 12.1 Å². The number of halogens is 1. The molecule has 20 heavy (non-hydrogen) atoms. The van der Waals surface area contributed by atoms with Gasteiger partial charge >= 0.3 is 0 Å². The maximum atomic E-state index is 11.9. The second-order valence-corrected chi connectivity index (χ2v) is 5.93. The molecule has 0 radical (unpaired) electrons. The summed E-state index contributed by atoms with van der Waals surface area (Å²) in [7, 11) is 1.47. The fraction of sp³-hybridized carbons (Fsp3) is 0.143. The summed E-state index contributed by atoms with van der Waals surface area (Å²) < 4.78 is 6.40. The average molecular weight is 354 g/mol. The molecule has 1 saturated heterocycles. The Balaban J connectivity index is 2.37. The first-order valence-corrected chi connectivity index (χ1v) is 7.38. The molecule has 0 N–H and O–H groups in total. The van der Waals surface area contributed by atoms with Crippen molar-refractivity contribution in [2.45, 2.75) is 0 Å². The highest BCUT2D eigenvalue weighted by atomic mass is 79.9. The fourth-order valence-corrected chi connectivity index (χ4v) is 2.80. The van der Waals surface area contributed by atoms with Gasteiger partial charge < -0.3 is 4.74 Å². The molecule has 104 valence electrons. The second kappa shape index (κ2) is 6.28. The van der Waals surface area contributed by atoms with Crippen LogP contribution in [0.2, 0.25) is 0 Å². The van der Waals surface area contributed by atoms with Gasteiger partial charge in [-0.25, -0.2) is 0 Å². The molecule has 0 atom stereocenters. The van der Waals surface area contributed by atoms with E-state index in [4.69, 9.17) is 4.74 Å². The largest absolute Gasteiger partial charge is 0.489 e. The quantitative estimate of drug-likeness (QED) is 0.611. The lowest BCUT2D eigenvalue weighted by atomic mass is 10.2. The molecule has 0 aliphatic carbocycles. The van der Waals surface area contributed by atoms with Gasteiger partial charge in [-0.1, -0.05) is 28.6 Å². The maximum absolute atomic E-state index is 11.9. The van der Waals surface area contributed by atoms with E-state index in [1.54, 1.807) is 18.2 Å². The monoisotopic (exact) mass is 353 g/mol. The van der Waals surface area contributed by atoms with E-state index in [-0.39, 0.29) is 11.1 Å². The third-order valence-corrected chi connectivity index (χ3v) is 4.06. The van der Waals surface area contributed by atoms with Crippen molar-refractivity contribution in [1.29, 1.82) is 0 Å². The first-order valence-electron chi connectivity index (χ1n) is 5.77. The lowest BCUT2D eigenvalue weighted by molar-refractivity contribution is -0.121. The molecule has 0 aromatic heterocycles. The van der Waals surface area contributed by atoms with E-state index >= 15 is 0 Å². The molecule has 1 aliphatic rings. The van der Waals surface area contributed by atoms with Gasteiger partial charge in [0.05, 0.1) is 4.91 Å². The van der Waals surface area contributed by atoms with E-state index < -0.39 is 0 Å². The first kappa shape index (κ1) is 14.9. The zero-order valence-electron chi connectivity index (χ0n) is 10.8. The number of hydrogen-bond acceptors (Lipinski definition) is 4. The van der Waals surface area contributed by atoms with Crippen LogP contribution in [0.1, 0.15) is 5.56 Å². The number of imide groups is 1. The van der Waals surface area contributed by atoms with Gasteiger partial charge in [-0.3, -0.25) is 14.5 Å². The lowest BCUT2D eigenvalue weighted by Gasteiger charge is -2.08. The van der Waals surface area contributed by atoms with E-state index in [9.17, 15) is 9.59 Å². The van der Waals surface area contributed by atoms with Crippen LogP contribution in [-0.4, -0.2) is 29.7 Å². The van der Waals surface area contributed by atoms with Crippen LogP contribution in [0.5, 0.6) is 5.75 Å². The van der Waals surface area contributed by atoms with Crippen molar-refractivity contribution in [3.63, 3.8) is 0 Å². The van der Waals surface area contributed by atoms with Crippen LogP contribution in [0.4, 0.5) is 4.79 Å². The number of carbonyl (C=O) groups excluding carboxylic acids is 2. The molecule has 2 amide bonds. The van der Waals surface area contributed by atoms with E-state index in [1.165, 1.54) is 7.05 Å². The number of amides is 2. The normalized spacial score (nSPS) is 16.9. The average Bonchev–Trinajstić information content (AvgIpc) is 2.66. The molecule has 1 heterocycles. The molecule has 0 saturated carbocycles. The number of rotatable bonds is 4. The van der Waals surface area contributed by atoms with Gasteiger partial charge in [0, 0.05) is 17.1 Å². The Morgan fingerprint density at radius 1 is 1.45 bits per heavy atom. The first-order chi connectivity index (χ1) is 9.52. The summed E-state index contributed by atoms with van der Waals surface area (Å²) in [4.78, 5) is 24.8. The molecule has 0 unspecified atom stereocenters. The van der Waals surface area contributed by atoms with Gasteiger partial charge in [0.2, 0.25) is 0 Å². The van der Waals surface area contributed by atoms with E-state index in [0.717, 1.165) is 26.7 Å². The minimum atomic E-state index is -0.297. The maximum Gasteiger partial charge on any atom is 0.293 e. The number of thioether (sulfide) groups is 1. The summed E-state index contributed by atoms with van der Waals surface area (Å²) in [6.45, 7) is 3.97. The van der Waals surface area contributed by atoms with Crippen molar-refractivity contribution in [3.05, 3.63) is 45.8 Å². The zero-order valence-corrected chi connectivity index (χ0v) is 13.2. The summed E-state index contributed by atoms with van der Waals surface area (Å²) in [5.41, 5.74) is 0.736. The molecule has 1 fully saturated rings. The van der Waals surface area contributed by atoms with Gasteiger partial charge in [-0.05, 0) is 36.0 Å². The van der Waals surface area contributed by atoms with Gasteiger partial charge in [0.1, 0.15) is 12.4 Å². The third-order valence-electron chi connectivity index (χ3n) is 2.60. The summed E-state index contributed by atoms with van der Waals surface area (Å²) in [5, 5.41) is -0.273. The number of likely N-dealkylation sites (N-methyl/N-ethyl adjacent to an activating group) is 1. The van der Waals surface area contributed by atoms with Crippen molar-refractivity contribution >= 4 is 44.9 Å². The highest BCUT2D eigenvalue weighted by molar-refractivity contribution is 9.10. The standard InChI is InChI=1S/C14H12BrNO3S/c1-3-6-19-11-5-4-10(15)7-9(11)8-12-13(17)16(2)14(18)20-12/h3-5,7-8H,1,6H2,2H3/b12-8+. The molecule has 4 nitrogen and oxygen atoms in total. The van der Waals surface area contributed by atoms with Crippen LogP contribution >= 0.6 is 27.7 Å². The zero-order chi connectivity index (χ0) is 14.7. The minimum Gasteiger partial charge on any atom is -0.489 e. The molecular weight excluding hydrogens is 342 g/mol. The Kier molecular flexibility index (Phi) is 4.67. The van der Waals surface area contributed by atoms with Crippen LogP contribution in [0.25, 0.3) is 6.08 Å². The number of nitrogens with zero attached hydrogens (tertiary/aromatic N) is 1. The molecule has 1 aliphatic heterocycles. The number of ether oxygens (including phenoxy) is 1. The number of carbonyl (C=O) groups is 2. The van der Waals surface area contributed by atoms with Crippen molar-refractivity contribution in [1.82, 2.24) is 4.90 Å². The Morgan fingerprint density at radius 2 is 2.20 bits per heavy atom. The molecule has 0 spiro atoms. The molecule has 6 heteroatoms. The minimum absolute atomic E-state index is 0.273. The van der Waals surface area contributed by atoms with Gasteiger partial charge in [-0.2, -0.15) is 0 Å². The Bertz CT molecular complexity index is 612. The van der Waals surface area contributed by atoms with Crippen molar-refractivity contribution in [3.8, 4) is 5.75 Å². The van der Waals surface area contributed by atoms with Crippen LogP contribution in [0.15, 0.2) is 40.2 Å². The van der Waals surface area contributed by atoms with E-state index in [0.29, 0.717) is 17.3 Å². The Labute approximate surface area is 129 Å². The predicted octanol–water partition coefficient (Wildman–Crippen LogP) is 3.68. The summed E-state index contributed by atoms with van der Waals surface area (Å²) in [6.07, 6.45) is 3.31. The third kappa shape index (κ3) is 3.13. The smallest absolute Gasteiger partial charge is 0.293 e. The van der Waals surface area contributed by atoms with Crippen LogP contribution in [-0.2, 0) is 4.79 Å². The highest BCUT2D eigenvalue weighted by Crippen LogP contribution is 2.34. The molecule has 1 aromatic carbocycles. The molecule has 1 aromatic rings. The Hall–Kier alpha value is -1.53. The van der Waals surface area contributed by atoms with Crippen LogP contribution in [0, 0.1) is 0 Å². The van der Waals surface area contributed by atoms with Gasteiger partial charge in [-0.15, -0.1) is 0 Å². The lowest BCUT2D eigenvalue weighted by Crippen LogP contribution is -2.22. The molecular formula is C14H12BrNO3S. The number of hydrogen-bond donors (Lipinski definition) is 0.